The first-order chi connectivity index (χ1) is 28.1. The molecule has 0 aromatic carbocycles. The monoisotopic (exact) mass is 843 g/mol. The number of rotatable bonds is 12. The van der Waals surface area contributed by atoms with E-state index in [1.165, 1.54) is 19.0 Å². The number of fused-ring (bicyclic) bond motifs is 2. The standard InChI is InChI=1S/C44H66FN5O10/c1-13-21-48(11)31-24-27(4)58-44(10,36(31)53)59-37-29(6)35(52)42(8,45)39(54)57-32(14-2)43(9)34(28(5)33(51)26(3)25-41(37,7)56-12)50(40(55)60-43)47-20-16-22-49-23-18-30-17-15-19-46-38(30)49/h13,15,17-19,23,26-29,31-32,34,36-37,47,53H,1,14,16,20-22,24-25H2,2-12H3/t26-,27-,28+,29+,31+,32-,34-,36-,37-,41-,42+,43-,44+/m1/s1. The number of hydrazine groups is 1. The first kappa shape index (κ1) is 47.3. The van der Waals surface area contributed by atoms with Crippen molar-refractivity contribution in [3.63, 3.8) is 0 Å². The molecule has 0 bridgehead atoms. The molecule has 3 aliphatic rings. The highest BCUT2D eigenvalue weighted by molar-refractivity contribution is 6.08. The van der Waals surface area contributed by atoms with Crippen molar-refractivity contribution in [1.29, 1.82) is 0 Å². The van der Waals surface area contributed by atoms with Gasteiger partial charge < -0.3 is 33.4 Å². The molecule has 0 saturated carbocycles. The van der Waals surface area contributed by atoms with Crippen LogP contribution in [0, 0.1) is 17.8 Å². The van der Waals surface area contributed by atoms with Crippen molar-refractivity contribution in [2.75, 3.05) is 27.2 Å². The molecular formula is C44H66FN5O10. The quantitative estimate of drug-likeness (QED) is 0.124. The highest BCUT2D eigenvalue weighted by atomic mass is 19.1. The van der Waals surface area contributed by atoms with Crippen molar-refractivity contribution >= 4 is 34.7 Å². The van der Waals surface area contributed by atoms with Crippen LogP contribution in [0.5, 0.6) is 0 Å². The lowest BCUT2D eigenvalue weighted by Crippen LogP contribution is -2.65. The maximum atomic E-state index is 17.0. The van der Waals surface area contributed by atoms with E-state index in [0.29, 0.717) is 32.5 Å². The number of hydrogen-bond acceptors (Lipinski definition) is 13. The molecule has 3 aliphatic heterocycles. The molecule has 13 atom stereocenters. The number of Topliss-reactive ketones (excluding diaryl/α,β-unsaturated/α-hetero) is 2. The highest BCUT2D eigenvalue weighted by Gasteiger charge is 2.62. The molecule has 2 aromatic rings. The zero-order valence-corrected chi connectivity index (χ0v) is 37.1. The average Bonchev–Trinajstić information content (AvgIpc) is 3.73. The fourth-order valence-electron chi connectivity index (χ4n) is 9.80. The van der Waals surface area contributed by atoms with Crippen molar-refractivity contribution in [2.45, 2.75) is 154 Å². The van der Waals surface area contributed by atoms with Gasteiger partial charge in [-0.3, -0.25) is 14.5 Å². The number of nitrogens with zero attached hydrogens (tertiary/aromatic N) is 4. The summed E-state index contributed by atoms with van der Waals surface area (Å²) in [6.07, 6.45) is 1.34. The minimum atomic E-state index is -3.21. The Kier molecular flexibility index (Phi) is 14.4. The van der Waals surface area contributed by atoms with Gasteiger partial charge >= 0.3 is 12.1 Å². The Morgan fingerprint density at radius 3 is 2.47 bits per heavy atom. The Hall–Kier alpha value is -3.80. The van der Waals surface area contributed by atoms with E-state index in [1.807, 2.05) is 47.8 Å². The van der Waals surface area contributed by atoms with Gasteiger partial charge in [-0.1, -0.05) is 33.8 Å². The van der Waals surface area contributed by atoms with Gasteiger partial charge in [-0.15, -0.1) is 6.58 Å². The number of methoxy groups -OCH3 is 1. The van der Waals surface area contributed by atoms with E-state index in [1.54, 1.807) is 53.8 Å². The fraction of sp³-hybridized carbons (Fsp3) is 0.705. The lowest BCUT2D eigenvalue weighted by atomic mass is 9.73. The number of pyridine rings is 1. The summed E-state index contributed by atoms with van der Waals surface area (Å²) < 4.78 is 50.1. The molecule has 0 spiro atoms. The van der Waals surface area contributed by atoms with Crippen LogP contribution in [0.15, 0.2) is 43.2 Å². The van der Waals surface area contributed by atoms with Crippen LogP contribution in [0.3, 0.4) is 0 Å². The van der Waals surface area contributed by atoms with Gasteiger partial charge in [0.25, 0.3) is 5.67 Å². The van der Waals surface area contributed by atoms with Crippen LogP contribution in [0.4, 0.5) is 9.18 Å². The second kappa shape index (κ2) is 18.3. The van der Waals surface area contributed by atoms with Crippen LogP contribution in [0.2, 0.25) is 0 Å². The predicted molar refractivity (Wildman–Crippen MR) is 221 cm³/mol. The number of nitrogens with one attached hydrogen (secondary N) is 1. The summed E-state index contributed by atoms with van der Waals surface area (Å²) in [5.74, 6) is -7.77. The van der Waals surface area contributed by atoms with Crippen molar-refractivity contribution in [3.8, 4) is 0 Å². The molecule has 0 unspecified atom stereocenters. The molecular weight excluding hydrogens is 778 g/mol. The van der Waals surface area contributed by atoms with Crippen LogP contribution < -0.4 is 5.43 Å². The van der Waals surface area contributed by atoms with Crippen LogP contribution in [0.1, 0.15) is 88.0 Å². The number of esters is 1. The van der Waals surface area contributed by atoms with E-state index in [4.69, 9.17) is 23.7 Å². The number of aliphatic hydroxyl groups excluding tert-OH is 1. The third kappa shape index (κ3) is 8.91. The van der Waals surface area contributed by atoms with E-state index in [0.717, 1.165) is 18.0 Å². The number of aromatic nitrogens is 2. The number of alkyl halides is 1. The molecule has 15 nitrogen and oxygen atoms in total. The summed E-state index contributed by atoms with van der Waals surface area (Å²) in [6.45, 7) is 19.1. The number of likely N-dealkylation sites (N-methyl/N-ethyl adjacent to an activating group) is 1. The highest BCUT2D eigenvalue weighted by Crippen LogP contribution is 2.44. The van der Waals surface area contributed by atoms with Crippen LogP contribution in [0.25, 0.3) is 11.0 Å². The molecule has 0 aliphatic carbocycles. The van der Waals surface area contributed by atoms with Gasteiger partial charge in [0.15, 0.2) is 17.2 Å². The summed E-state index contributed by atoms with van der Waals surface area (Å²) in [5, 5.41) is 14.1. The number of ketones is 2. The first-order valence-corrected chi connectivity index (χ1v) is 21.1. The summed E-state index contributed by atoms with van der Waals surface area (Å²) in [5.41, 5.74) is -2.36. The molecule has 60 heavy (non-hydrogen) atoms. The van der Waals surface area contributed by atoms with Crippen LogP contribution in [-0.2, 0) is 44.6 Å². The number of aliphatic hydroxyl groups is 1. The van der Waals surface area contributed by atoms with Gasteiger partial charge in [0.1, 0.15) is 29.7 Å². The minimum Gasteiger partial charge on any atom is -0.455 e. The second-order valence-corrected chi connectivity index (χ2v) is 17.8. The Bertz CT molecular complexity index is 1890. The van der Waals surface area contributed by atoms with Crippen molar-refractivity contribution in [2.24, 2.45) is 17.8 Å². The van der Waals surface area contributed by atoms with E-state index < -0.39 is 94.8 Å². The number of halogens is 1. The molecule has 1 amide bonds. The number of aryl methyl sites for hydroxylation is 1. The smallest absolute Gasteiger partial charge is 0.425 e. The van der Waals surface area contributed by atoms with E-state index in [-0.39, 0.29) is 18.6 Å². The van der Waals surface area contributed by atoms with Gasteiger partial charge in [0.2, 0.25) is 0 Å². The molecule has 3 fully saturated rings. The van der Waals surface area contributed by atoms with E-state index in [2.05, 4.69) is 17.0 Å². The Morgan fingerprint density at radius 1 is 1.12 bits per heavy atom. The molecule has 334 valence electrons. The fourth-order valence-corrected chi connectivity index (χ4v) is 9.80. The lowest BCUT2D eigenvalue weighted by molar-refractivity contribution is -0.354. The minimum absolute atomic E-state index is 0.0360. The second-order valence-electron chi connectivity index (χ2n) is 17.8. The molecule has 5 rings (SSSR count). The molecule has 2 N–H and O–H groups in total. The first-order valence-electron chi connectivity index (χ1n) is 21.1. The molecule has 16 heteroatoms. The summed E-state index contributed by atoms with van der Waals surface area (Å²) >= 11 is 0. The molecule has 3 saturated heterocycles. The Balaban J connectivity index is 1.51. The third-order valence-electron chi connectivity index (χ3n) is 13.2. The van der Waals surface area contributed by atoms with Gasteiger partial charge in [0.05, 0.1) is 17.8 Å². The van der Waals surface area contributed by atoms with Crippen molar-refractivity contribution in [1.82, 2.24) is 24.9 Å². The van der Waals surface area contributed by atoms with Gasteiger partial charge in [-0.05, 0) is 85.5 Å². The van der Waals surface area contributed by atoms with Gasteiger partial charge in [-0.2, -0.15) is 0 Å². The SMILES string of the molecule is C=CCN(C)[C@H]1C[C@@H](C)O[C@@](C)(O[C@@H]2[C@@H](C)C(=O)[C@](C)(F)C(=O)O[C@H](CC)[C@@]3(C)OC(=O)N(NCCCn4ccc5cccnc54)[C@@H]3[C@@H](C)C(=O)[C@H](C)C[C@@]2(C)OC)[C@@H]1O. The van der Waals surface area contributed by atoms with E-state index in [9.17, 15) is 24.3 Å². The Labute approximate surface area is 353 Å². The van der Waals surface area contributed by atoms with Crippen molar-refractivity contribution in [3.05, 3.63) is 43.2 Å². The largest absolute Gasteiger partial charge is 0.455 e. The lowest BCUT2D eigenvalue weighted by Gasteiger charge is -2.52. The van der Waals surface area contributed by atoms with Gasteiger partial charge in [0, 0.05) is 68.3 Å². The summed E-state index contributed by atoms with van der Waals surface area (Å²) in [4.78, 5) is 63.4. The maximum absolute atomic E-state index is 17.0. The molecule has 0 radical (unpaired) electrons. The van der Waals surface area contributed by atoms with Crippen LogP contribution in [-0.4, -0.2) is 135 Å². The predicted octanol–water partition coefficient (Wildman–Crippen LogP) is 5.17. The number of hydrogen-bond donors (Lipinski definition) is 2. The number of carbonyl (C=O) groups is 4. The number of carbonyl (C=O) groups excluding carboxylic acids is 4. The Morgan fingerprint density at radius 2 is 1.82 bits per heavy atom. The number of cyclic esters (lactones) is 1. The number of amides is 1. The van der Waals surface area contributed by atoms with E-state index >= 15 is 4.39 Å². The maximum Gasteiger partial charge on any atom is 0.425 e. The zero-order valence-electron chi connectivity index (χ0n) is 37.1. The topological polar surface area (TPSA) is 171 Å². The average molecular weight is 844 g/mol. The van der Waals surface area contributed by atoms with Crippen LogP contribution >= 0.6 is 0 Å². The van der Waals surface area contributed by atoms with Crippen molar-refractivity contribution < 1.29 is 52.4 Å². The normalized spacial score (nSPS) is 38.4. The molecule has 5 heterocycles. The summed E-state index contributed by atoms with van der Waals surface area (Å²) in [7, 11) is 3.24. The molecule has 2 aromatic heterocycles. The van der Waals surface area contributed by atoms with Gasteiger partial charge in [-0.25, -0.2) is 29.4 Å². The number of ether oxygens (including phenoxy) is 5. The summed E-state index contributed by atoms with van der Waals surface area (Å²) in [6, 6.07) is 4.33. The third-order valence-corrected chi connectivity index (χ3v) is 13.2. The zero-order chi connectivity index (χ0) is 44.5.